The van der Waals surface area contributed by atoms with Crippen LogP contribution in [0.15, 0.2) is 78.9 Å². The van der Waals surface area contributed by atoms with Gasteiger partial charge in [-0.25, -0.2) is 0 Å². The van der Waals surface area contributed by atoms with E-state index in [4.69, 9.17) is 0 Å². The van der Waals surface area contributed by atoms with Crippen LogP contribution in [-0.4, -0.2) is 48.3 Å². The minimum absolute atomic E-state index is 0.00324. The zero-order valence-corrected chi connectivity index (χ0v) is 21.2. The highest BCUT2D eigenvalue weighted by Crippen LogP contribution is 2.22. The Balaban J connectivity index is 1.59. The van der Waals surface area contributed by atoms with Crippen LogP contribution in [0.3, 0.4) is 0 Å². The number of hydrogen-bond donors (Lipinski definition) is 1. The minimum Gasteiger partial charge on any atom is -0.338 e. The summed E-state index contributed by atoms with van der Waals surface area (Å²) >= 11 is 0. The Hall–Kier alpha value is -3.44. The van der Waals surface area contributed by atoms with Crippen LogP contribution in [0.1, 0.15) is 37.8 Å². The summed E-state index contributed by atoms with van der Waals surface area (Å²) in [5.41, 5.74) is 5.15. The van der Waals surface area contributed by atoms with E-state index < -0.39 is 0 Å². The molecule has 0 aromatic heterocycles. The molecule has 35 heavy (non-hydrogen) atoms. The number of likely N-dealkylation sites (N-methyl/N-ethyl adjacent to an activating group) is 1. The second kappa shape index (κ2) is 13.4. The predicted molar refractivity (Wildman–Crippen MR) is 144 cm³/mol. The summed E-state index contributed by atoms with van der Waals surface area (Å²) in [5, 5.41) is 2.96. The first kappa shape index (κ1) is 26.2. The first-order valence-corrected chi connectivity index (χ1v) is 12.5. The molecule has 5 nitrogen and oxygen atoms in total. The summed E-state index contributed by atoms with van der Waals surface area (Å²) in [6.07, 6.45) is 2.38. The van der Waals surface area contributed by atoms with Crippen molar-refractivity contribution in [3.8, 4) is 11.1 Å². The number of amides is 2. The molecule has 0 atom stereocenters. The molecule has 3 rings (SSSR count). The van der Waals surface area contributed by atoms with Gasteiger partial charge in [-0.2, -0.15) is 0 Å². The van der Waals surface area contributed by atoms with Gasteiger partial charge in [-0.05, 0) is 60.8 Å². The van der Waals surface area contributed by atoms with Gasteiger partial charge in [0.15, 0.2) is 0 Å². The molecule has 0 aliphatic rings. The van der Waals surface area contributed by atoms with Gasteiger partial charge < -0.3 is 10.2 Å². The molecular weight excluding hydrogens is 434 g/mol. The van der Waals surface area contributed by atoms with E-state index >= 15 is 0 Å². The Labute approximate surface area is 209 Å². The van der Waals surface area contributed by atoms with Gasteiger partial charge in [0.25, 0.3) is 0 Å². The second-order valence-electron chi connectivity index (χ2n) is 9.04. The standard InChI is InChI=1S/C30H37N3O2/c1-4-19-32(3)23-29(34)31-28-17-15-27(16-18-28)26-13-11-25(12-14-26)22-33(20-5-2)30(35)21-24-9-7-6-8-10-24/h6-18H,4-5,19-23H2,1-3H3,(H,31,34). The Morgan fingerprint density at radius 1 is 0.743 bits per heavy atom. The second-order valence-corrected chi connectivity index (χ2v) is 9.04. The molecule has 0 aliphatic heterocycles. The van der Waals surface area contributed by atoms with Gasteiger partial charge in [0.1, 0.15) is 0 Å². The molecule has 0 heterocycles. The van der Waals surface area contributed by atoms with Crippen molar-refractivity contribution < 1.29 is 9.59 Å². The molecule has 0 saturated heterocycles. The SMILES string of the molecule is CCCN(C)CC(=O)Nc1ccc(-c2ccc(CN(CCC)C(=O)Cc3ccccc3)cc2)cc1. The van der Waals surface area contributed by atoms with Gasteiger partial charge in [-0.3, -0.25) is 14.5 Å². The number of nitrogens with one attached hydrogen (secondary N) is 1. The number of anilines is 1. The lowest BCUT2D eigenvalue weighted by atomic mass is 10.0. The van der Waals surface area contributed by atoms with Crippen molar-refractivity contribution >= 4 is 17.5 Å². The van der Waals surface area contributed by atoms with Crippen molar-refractivity contribution in [3.05, 3.63) is 90.0 Å². The number of carbonyl (C=O) groups is 2. The van der Waals surface area contributed by atoms with E-state index in [2.05, 4.69) is 43.4 Å². The van der Waals surface area contributed by atoms with Crippen LogP contribution >= 0.6 is 0 Å². The molecule has 1 N–H and O–H groups in total. The summed E-state index contributed by atoms with van der Waals surface area (Å²) in [7, 11) is 1.95. The van der Waals surface area contributed by atoms with Crippen LogP contribution in [0.2, 0.25) is 0 Å². The first-order chi connectivity index (χ1) is 17.0. The van der Waals surface area contributed by atoms with Crippen molar-refractivity contribution in [1.29, 1.82) is 0 Å². The maximum atomic E-state index is 12.9. The highest BCUT2D eigenvalue weighted by atomic mass is 16.2. The molecule has 3 aromatic carbocycles. The van der Waals surface area contributed by atoms with Crippen molar-refractivity contribution in [2.75, 3.05) is 32.0 Å². The fourth-order valence-electron chi connectivity index (χ4n) is 4.12. The van der Waals surface area contributed by atoms with Crippen LogP contribution in [0, 0.1) is 0 Å². The Morgan fingerprint density at radius 3 is 1.94 bits per heavy atom. The molecule has 0 saturated carbocycles. The van der Waals surface area contributed by atoms with E-state index in [0.717, 1.165) is 53.9 Å². The summed E-state index contributed by atoms with van der Waals surface area (Å²) < 4.78 is 0. The van der Waals surface area contributed by atoms with E-state index in [1.165, 1.54) is 0 Å². The van der Waals surface area contributed by atoms with Gasteiger partial charge in [0, 0.05) is 18.8 Å². The average molecular weight is 472 g/mol. The molecule has 5 heteroatoms. The number of benzene rings is 3. The van der Waals surface area contributed by atoms with Crippen molar-refractivity contribution in [1.82, 2.24) is 9.80 Å². The smallest absolute Gasteiger partial charge is 0.238 e. The predicted octanol–water partition coefficient (Wildman–Crippen LogP) is 5.62. The van der Waals surface area contributed by atoms with Gasteiger partial charge in [0.05, 0.1) is 13.0 Å². The fraction of sp³-hybridized carbons (Fsp3) is 0.333. The van der Waals surface area contributed by atoms with Gasteiger partial charge in [-0.1, -0.05) is 80.6 Å². The third-order valence-electron chi connectivity index (χ3n) is 5.89. The number of nitrogens with zero attached hydrogens (tertiary/aromatic N) is 2. The lowest BCUT2D eigenvalue weighted by molar-refractivity contribution is -0.131. The summed E-state index contributed by atoms with van der Waals surface area (Å²) in [4.78, 5) is 29.0. The molecule has 0 aliphatic carbocycles. The molecule has 0 spiro atoms. The third kappa shape index (κ3) is 8.37. The largest absolute Gasteiger partial charge is 0.338 e. The van der Waals surface area contributed by atoms with Crippen LogP contribution in [0.5, 0.6) is 0 Å². The van der Waals surface area contributed by atoms with E-state index in [0.29, 0.717) is 19.5 Å². The van der Waals surface area contributed by atoms with E-state index in [1.807, 2.05) is 71.4 Å². The third-order valence-corrected chi connectivity index (χ3v) is 5.89. The molecule has 3 aromatic rings. The lowest BCUT2D eigenvalue weighted by Gasteiger charge is -2.22. The van der Waals surface area contributed by atoms with Crippen LogP contribution in [0.25, 0.3) is 11.1 Å². The van der Waals surface area contributed by atoms with Gasteiger partial charge in [0.2, 0.25) is 11.8 Å². The maximum absolute atomic E-state index is 12.9. The first-order valence-electron chi connectivity index (χ1n) is 12.5. The Kier molecular flexibility index (Phi) is 10.1. The number of carbonyl (C=O) groups excluding carboxylic acids is 2. The Morgan fingerprint density at radius 2 is 1.34 bits per heavy atom. The number of hydrogen-bond acceptors (Lipinski definition) is 3. The quantitative estimate of drug-likeness (QED) is 0.373. The number of rotatable bonds is 12. The van der Waals surface area contributed by atoms with Gasteiger partial charge >= 0.3 is 0 Å². The highest BCUT2D eigenvalue weighted by Gasteiger charge is 2.14. The zero-order valence-electron chi connectivity index (χ0n) is 21.2. The fourth-order valence-corrected chi connectivity index (χ4v) is 4.12. The highest BCUT2D eigenvalue weighted by molar-refractivity contribution is 5.92. The van der Waals surface area contributed by atoms with Crippen molar-refractivity contribution in [2.45, 2.75) is 39.7 Å². The van der Waals surface area contributed by atoms with Crippen molar-refractivity contribution in [3.63, 3.8) is 0 Å². The summed E-state index contributed by atoms with van der Waals surface area (Å²) in [6.45, 7) is 6.85. The van der Waals surface area contributed by atoms with Crippen LogP contribution in [-0.2, 0) is 22.6 Å². The summed E-state index contributed by atoms with van der Waals surface area (Å²) in [6, 6.07) is 26.2. The van der Waals surface area contributed by atoms with Crippen LogP contribution in [0.4, 0.5) is 5.69 Å². The molecule has 0 radical (unpaired) electrons. The van der Waals surface area contributed by atoms with E-state index in [9.17, 15) is 9.59 Å². The molecule has 2 amide bonds. The zero-order chi connectivity index (χ0) is 25.0. The topological polar surface area (TPSA) is 52.7 Å². The molecule has 184 valence electrons. The lowest BCUT2D eigenvalue weighted by Crippen LogP contribution is -2.32. The summed E-state index contributed by atoms with van der Waals surface area (Å²) in [5.74, 6) is 0.150. The molecular formula is C30H37N3O2. The van der Waals surface area contributed by atoms with E-state index in [-0.39, 0.29) is 11.8 Å². The maximum Gasteiger partial charge on any atom is 0.238 e. The molecule has 0 bridgehead atoms. The normalized spacial score (nSPS) is 10.9. The molecule has 0 fully saturated rings. The molecule has 0 unspecified atom stereocenters. The van der Waals surface area contributed by atoms with Gasteiger partial charge in [-0.15, -0.1) is 0 Å². The minimum atomic E-state index is -0.00324. The van der Waals surface area contributed by atoms with Crippen molar-refractivity contribution in [2.24, 2.45) is 0 Å². The van der Waals surface area contributed by atoms with Crippen LogP contribution < -0.4 is 5.32 Å². The average Bonchev–Trinajstić information content (AvgIpc) is 2.85. The Bertz CT molecular complexity index is 1060. The monoisotopic (exact) mass is 471 g/mol. The van der Waals surface area contributed by atoms with E-state index in [1.54, 1.807) is 0 Å².